The normalized spacial score (nSPS) is 26.7. The molecule has 0 aromatic carbocycles. The van der Waals surface area contributed by atoms with E-state index in [-0.39, 0.29) is 0 Å². The summed E-state index contributed by atoms with van der Waals surface area (Å²) in [5.41, 5.74) is 1.49. The fourth-order valence-corrected chi connectivity index (χ4v) is 2.91. The molecule has 1 saturated carbocycles. The maximum atomic E-state index is 4.09. The van der Waals surface area contributed by atoms with Crippen LogP contribution in [-0.4, -0.2) is 13.1 Å². The SMILES string of the molecule is C=C1CCC(CC2CCNCC2)CC1. The van der Waals surface area contributed by atoms with E-state index in [0.29, 0.717) is 0 Å². The van der Waals surface area contributed by atoms with E-state index in [2.05, 4.69) is 11.9 Å². The third kappa shape index (κ3) is 2.84. The van der Waals surface area contributed by atoms with Crippen molar-refractivity contribution in [1.82, 2.24) is 5.32 Å². The molecular formula is C13H23N. The zero-order valence-electron chi connectivity index (χ0n) is 9.23. The maximum absolute atomic E-state index is 4.09. The smallest absolute Gasteiger partial charge is 0.00463 e. The van der Waals surface area contributed by atoms with Crippen LogP contribution in [0.5, 0.6) is 0 Å². The molecule has 1 heterocycles. The largest absolute Gasteiger partial charge is 0.317 e. The molecule has 0 atom stereocenters. The first-order chi connectivity index (χ1) is 6.84. The lowest BCUT2D eigenvalue weighted by atomic mass is 9.79. The van der Waals surface area contributed by atoms with Crippen molar-refractivity contribution < 1.29 is 0 Å². The van der Waals surface area contributed by atoms with Gasteiger partial charge < -0.3 is 5.32 Å². The van der Waals surface area contributed by atoms with Crippen molar-refractivity contribution in [2.24, 2.45) is 11.8 Å². The number of hydrogen-bond acceptors (Lipinski definition) is 1. The Morgan fingerprint density at radius 1 is 1.00 bits per heavy atom. The van der Waals surface area contributed by atoms with Crippen LogP contribution in [0.4, 0.5) is 0 Å². The highest BCUT2D eigenvalue weighted by molar-refractivity contribution is 4.98. The number of allylic oxidation sites excluding steroid dienone is 1. The molecule has 1 nitrogen and oxygen atoms in total. The van der Waals surface area contributed by atoms with E-state index in [9.17, 15) is 0 Å². The van der Waals surface area contributed by atoms with Crippen LogP contribution in [0.25, 0.3) is 0 Å². The minimum absolute atomic E-state index is 1.02. The third-order valence-corrected chi connectivity index (χ3v) is 3.94. The highest BCUT2D eigenvalue weighted by Crippen LogP contribution is 2.33. The van der Waals surface area contributed by atoms with Crippen LogP contribution in [-0.2, 0) is 0 Å². The van der Waals surface area contributed by atoms with E-state index in [1.54, 1.807) is 0 Å². The van der Waals surface area contributed by atoms with E-state index in [0.717, 1.165) is 11.8 Å². The van der Waals surface area contributed by atoms with Crippen LogP contribution in [0.15, 0.2) is 12.2 Å². The topological polar surface area (TPSA) is 12.0 Å². The van der Waals surface area contributed by atoms with Crippen molar-refractivity contribution in [3.05, 3.63) is 12.2 Å². The second-order valence-corrected chi connectivity index (χ2v) is 5.12. The molecule has 1 N–H and O–H groups in total. The Bertz CT molecular complexity index is 181. The Labute approximate surface area is 88.0 Å². The quantitative estimate of drug-likeness (QED) is 0.664. The summed E-state index contributed by atoms with van der Waals surface area (Å²) in [5.74, 6) is 2.04. The van der Waals surface area contributed by atoms with Crippen LogP contribution >= 0.6 is 0 Å². The van der Waals surface area contributed by atoms with Crippen molar-refractivity contribution >= 4 is 0 Å². The van der Waals surface area contributed by atoms with Gasteiger partial charge in [-0.3, -0.25) is 0 Å². The average Bonchev–Trinajstić information content (AvgIpc) is 2.23. The highest BCUT2D eigenvalue weighted by atomic mass is 14.9. The maximum Gasteiger partial charge on any atom is -0.00463 e. The van der Waals surface area contributed by atoms with Crippen LogP contribution in [0, 0.1) is 11.8 Å². The Morgan fingerprint density at radius 2 is 1.57 bits per heavy atom. The van der Waals surface area contributed by atoms with Gasteiger partial charge in [0.25, 0.3) is 0 Å². The Morgan fingerprint density at radius 3 is 2.21 bits per heavy atom. The van der Waals surface area contributed by atoms with Gasteiger partial charge in [0.1, 0.15) is 0 Å². The van der Waals surface area contributed by atoms with Gasteiger partial charge in [0, 0.05) is 0 Å². The van der Waals surface area contributed by atoms with Crippen molar-refractivity contribution in [3.63, 3.8) is 0 Å². The molecule has 0 spiro atoms. The van der Waals surface area contributed by atoms with Gasteiger partial charge in [-0.25, -0.2) is 0 Å². The van der Waals surface area contributed by atoms with Gasteiger partial charge in [0.05, 0.1) is 0 Å². The second kappa shape index (κ2) is 4.97. The molecule has 0 bridgehead atoms. The molecule has 14 heavy (non-hydrogen) atoms. The zero-order valence-corrected chi connectivity index (χ0v) is 9.23. The van der Waals surface area contributed by atoms with Gasteiger partial charge in [-0.15, -0.1) is 0 Å². The summed E-state index contributed by atoms with van der Waals surface area (Å²) in [6.45, 7) is 6.59. The summed E-state index contributed by atoms with van der Waals surface area (Å²) in [5, 5.41) is 3.44. The predicted molar refractivity (Wildman–Crippen MR) is 61.3 cm³/mol. The van der Waals surface area contributed by atoms with Gasteiger partial charge in [-0.2, -0.15) is 0 Å². The van der Waals surface area contributed by atoms with Crippen molar-refractivity contribution in [2.75, 3.05) is 13.1 Å². The van der Waals surface area contributed by atoms with Gasteiger partial charge in [-0.1, -0.05) is 12.2 Å². The zero-order chi connectivity index (χ0) is 9.80. The summed E-state index contributed by atoms with van der Waals surface area (Å²) in [6, 6.07) is 0. The molecule has 0 unspecified atom stereocenters. The summed E-state index contributed by atoms with van der Waals surface area (Å²) >= 11 is 0. The summed E-state index contributed by atoms with van der Waals surface area (Å²) in [6.07, 6.45) is 9.76. The summed E-state index contributed by atoms with van der Waals surface area (Å²) in [4.78, 5) is 0. The molecule has 2 fully saturated rings. The number of rotatable bonds is 2. The van der Waals surface area contributed by atoms with Crippen molar-refractivity contribution in [1.29, 1.82) is 0 Å². The fourth-order valence-electron chi connectivity index (χ4n) is 2.91. The van der Waals surface area contributed by atoms with E-state index in [4.69, 9.17) is 0 Å². The second-order valence-electron chi connectivity index (χ2n) is 5.12. The number of piperidine rings is 1. The third-order valence-electron chi connectivity index (χ3n) is 3.94. The molecule has 0 aromatic heterocycles. The van der Waals surface area contributed by atoms with E-state index >= 15 is 0 Å². The van der Waals surface area contributed by atoms with Crippen LogP contribution in [0.2, 0.25) is 0 Å². The molecule has 1 heteroatoms. The van der Waals surface area contributed by atoms with Gasteiger partial charge in [0.15, 0.2) is 0 Å². The summed E-state index contributed by atoms with van der Waals surface area (Å²) < 4.78 is 0. The number of hydrogen-bond donors (Lipinski definition) is 1. The first-order valence-electron chi connectivity index (χ1n) is 6.22. The molecule has 80 valence electrons. The van der Waals surface area contributed by atoms with Crippen LogP contribution in [0.1, 0.15) is 44.9 Å². The molecule has 0 radical (unpaired) electrons. The lowest BCUT2D eigenvalue weighted by Crippen LogP contribution is -2.29. The van der Waals surface area contributed by atoms with Gasteiger partial charge >= 0.3 is 0 Å². The average molecular weight is 193 g/mol. The fraction of sp³-hybridized carbons (Fsp3) is 0.846. The highest BCUT2D eigenvalue weighted by Gasteiger charge is 2.21. The molecule has 2 aliphatic rings. The van der Waals surface area contributed by atoms with Crippen molar-refractivity contribution in [3.8, 4) is 0 Å². The van der Waals surface area contributed by atoms with Crippen LogP contribution in [0.3, 0.4) is 0 Å². The monoisotopic (exact) mass is 193 g/mol. The van der Waals surface area contributed by atoms with Gasteiger partial charge in [-0.05, 0) is 69.9 Å². The minimum Gasteiger partial charge on any atom is -0.317 e. The Kier molecular flexibility index (Phi) is 3.63. The Balaban J connectivity index is 1.71. The first-order valence-corrected chi connectivity index (χ1v) is 6.22. The minimum atomic E-state index is 1.02. The van der Waals surface area contributed by atoms with Gasteiger partial charge in [0.2, 0.25) is 0 Å². The molecule has 1 aliphatic carbocycles. The Hall–Kier alpha value is -0.300. The standard InChI is InChI=1S/C13H23N/c1-11-2-4-12(5-3-11)10-13-6-8-14-9-7-13/h12-14H,1-10H2. The lowest BCUT2D eigenvalue weighted by molar-refractivity contribution is 0.268. The van der Waals surface area contributed by atoms with Crippen molar-refractivity contribution in [2.45, 2.75) is 44.9 Å². The van der Waals surface area contributed by atoms with E-state index in [1.807, 2.05) is 0 Å². The number of nitrogens with one attached hydrogen (secondary N) is 1. The van der Waals surface area contributed by atoms with E-state index in [1.165, 1.54) is 63.6 Å². The van der Waals surface area contributed by atoms with E-state index < -0.39 is 0 Å². The predicted octanol–water partition coefficient (Wildman–Crippen LogP) is 3.12. The van der Waals surface area contributed by atoms with Crippen LogP contribution < -0.4 is 5.32 Å². The molecule has 2 rings (SSSR count). The molecular weight excluding hydrogens is 170 g/mol. The molecule has 1 aliphatic heterocycles. The lowest BCUT2D eigenvalue weighted by Gasteiger charge is -2.29. The molecule has 0 aromatic rings. The molecule has 1 saturated heterocycles. The molecule has 0 amide bonds. The summed E-state index contributed by atoms with van der Waals surface area (Å²) in [7, 11) is 0. The first kappa shape index (κ1) is 10.2.